The Morgan fingerprint density at radius 3 is 2.69 bits per heavy atom. The van der Waals surface area contributed by atoms with Gasteiger partial charge in [0.1, 0.15) is 29.2 Å². The van der Waals surface area contributed by atoms with E-state index in [-0.39, 0.29) is 50.5 Å². The minimum Gasteiger partial charge on any atom is -0.493 e. The van der Waals surface area contributed by atoms with Crippen LogP contribution in [0.4, 0.5) is 26.4 Å². The molecule has 1 aromatic heterocycles. The first-order valence-electron chi connectivity index (χ1n) is 11.9. The molecule has 0 bridgehead atoms. The molecule has 1 atom stereocenters. The lowest BCUT2D eigenvalue weighted by molar-refractivity contribution is -0.384. The predicted octanol–water partition coefficient (Wildman–Crippen LogP) is 6.51. The number of likely N-dealkylation sites (tertiary alicyclic amines) is 1. The number of hydrogen-bond acceptors (Lipinski definition) is 9. The lowest BCUT2D eigenvalue weighted by atomic mass is 10.1. The van der Waals surface area contributed by atoms with Crippen LogP contribution in [0.2, 0.25) is 10.0 Å². The van der Waals surface area contributed by atoms with E-state index < -0.39 is 34.2 Å². The number of anilines is 2. The number of methoxy groups -OCH3 is 1. The zero-order chi connectivity index (χ0) is 28.5. The number of nitro groups is 1. The minimum atomic E-state index is -0.854. The van der Waals surface area contributed by atoms with Crippen molar-refractivity contribution >= 4 is 57.4 Å². The van der Waals surface area contributed by atoms with Crippen molar-refractivity contribution in [2.75, 3.05) is 25.5 Å². The number of piperidine rings is 1. The van der Waals surface area contributed by atoms with E-state index in [1.54, 1.807) is 20.8 Å². The predicted molar refractivity (Wildman–Crippen MR) is 144 cm³/mol. The van der Waals surface area contributed by atoms with E-state index in [1.165, 1.54) is 36.5 Å². The van der Waals surface area contributed by atoms with E-state index in [0.29, 0.717) is 19.4 Å². The molecule has 1 unspecified atom stereocenters. The van der Waals surface area contributed by atoms with Crippen molar-refractivity contribution in [1.29, 1.82) is 0 Å². The molecule has 2 heterocycles. The second-order valence-electron chi connectivity index (χ2n) is 9.79. The van der Waals surface area contributed by atoms with Gasteiger partial charge in [-0.05, 0) is 45.7 Å². The second kappa shape index (κ2) is 11.2. The third-order valence-electron chi connectivity index (χ3n) is 5.83. The molecule has 4 rings (SSSR count). The van der Waals surface area contributed by atoms with Gasteiger partial charge < -0.3 is 24.4 Å². The first-order valence-corrected chi connectivity index (χ1v) is 12.7. The van der Waals surface area contributed by atoms with Crippen LogP contribution in [0.1, 0.15) is 33.6 Å². The van der Waals surface area contributed by atoms with E-state index in [4.69, 9.17) is 37.4 Å². The number of carbonyl (C=O) groups is 1. The maximum absolute atomic E-state index is 14.8. The molecule has 0 saturated carbocycles. The van der Waals surface area contributed by atoms with Crippen LogP contribution >= 0.6 is 23.2 Å². The number of rotatable bonds is 6. The van der Waals surface area contributed by atoms with Crippen molar-refractivity contribution < 1.29 is 28.3 Å². The molecule has 3 aromatic rings. The molecule has 1 amide bonds. The van der Waals surface area contributed by atoms with Crippen molar-refractivity contribution in [2.45, 2.75) is 45.3 Å². The number of fused-ring (bicyclic) bond motifs is 1. The number of nitrogens with zero attached hydrogens (tertiary/aromatic N) is 4. The zero-order valence-corrected chi connectivity index (χ0v) is 23.1. The first kappa shape index (κ1) is 28.4. The Hall–Kier alpha value is -3.64. The summed E-state index contributed by atoms with van der Waals surface area (Å²) in [6.45, 7) is 5.91. The SMILES string of the molecule is COc1cc2ncnc(Nc3ccc(Cl)c(Cl)c3F)c2c([N+](=O)[O-])c1OC1CCCN(C(=O)OC(C)(C)C)C1. The highest BCUT2D eigenvalue weighted by Crippen LogP contribution is 2.46. The van der Waals surface area contributed by atoms with Crippen LogP contribution in [0.15, 0.2) is 24.5 Å². The molecule has 11 nitrogen and oxygen atoms in total. The average Bonchev–Trinajstić information content (AvgIpc) is 2.87. The summed E-state index contributed by atoms with van der Waals surface area (Å²) in [6, 6.07) is 4.17. The van der Waals surface area contributed by atoms with Crippen molar-refractivity contribution in [3.05, 3.63) is 50.5 Å². The molecule has 0 aliphatic carbocycles. The van der Waals surface area contributed by atoms with E-state index in [2.05, 4.69) is 15.3 Å². The lowest BCUT2D eigenvalue weighted by Gasteiger charge is -2.34. The number of amides is 1. The van der Waals surface area contributed by atoms with Gasteiger partial charge in [-0.15, -0.1) is 0 Å². The monoisotopic (exact) mass is 581 g/mol. The normalized spacial score (nSPS) is 15.7. The second-order valence-corrected chi connectivity index (χ2v) is 10.6. The van der Waals surface area contributed by atoms with Gasteiger partial charge in [-0.2, -0.15) is 0 Å². The molecule has 1 N–H and O–H groups in total. The number of halogens is 3. The van der Waals surface area contributed by atoms with Crippen LogP contribution in [0, 0.1) is 15.9 Å². The largest absolute Gasteiger partial charge is 0.493 e. The zero-order valence-electron chi connectivity index (χ0n) is 21.6. The van der Waals surface area contributed by atoms with Gasteiger partial charge in [-0.1, -0.05) is 23.2 Å². The lowest BCUT2D eigenvalue weighted by Crippen LogP contribution is -2.46. The fourth-order valence-corrected chi connectivity index (χ4v) is 4.45. The summed E-state index contributed by atoms with van der Waals surface area (Å²) in [5.41, 5.74) is -1.11. The van der Waals surface area contributed by atoms with Gasteiger partial charge in [0.15, 0.2) is 11.6 Å². The van der Waals surface area contributed by atoms with Crippen LogP contribution < -0.4 is 14.8 Å². The van der Waals surface area contributed by atoms with Crippen molar-refractivity contribution in [3.8, 4) is 11.5 Å². The summed E-state index contributed by atoms with van der Waals surface area (Å²) in [7, 11) is 1.34. The fraction of sp³-hybridized carbons (Fsp3) is 0.400. The van der Waals surface area contributed by atoms with Gasteiger partial charge in [0, 0.05) is 12.6 Å². The summed E-state index contributed by atoms with van der Waals surface area (Å²) in [5.74, 6) is -1.02. The van der Waals surface area contributed by atoms with Crippen LogP contribution in [0.25, 0.3) is 10.9 Å². The summed E-state index contributed by atoms with van der Waals surface area (Å²) in [4.78, 5) is 34.2. The standard InChI is InChI=1S/C25H26Cl2FN5O6/c1-25(2,3)39-24(34)32-9-5-6-13(11-32)38-22-17(37-4)10-16-18(21(22)33(35)36)23(30-12-29-16)31-15-8-7-14(26)19(27)20(15)28/h7-8,10,12-13H,5-6,9,11H2,1-4H3,(H,29,30,31). The quantitative estimate of drug-likeness (QED) is 0.196. The number of nitro benzene ring substituents is 1. The highest BCUT2D eigenvalue weighted by molar-refractivity contribution is 6.42. The molecule has 0 radical (unpaired) electrons. The Balaban J connectivity index is 1.76. The molecule has 1 aliphatic heterocycles. The molecule has 0 spiro atoms. The van der Waals surface area contributed by atoms with Crippen LogP contribution in [0.5, 0.6) is 11.5 Å². The molecule has 39 heavy (non-hydrogen) atoms. The number of nitrogens with one attached hydrogen (secondary N) is 1. The van der Waals surface area contributed by atoms with Crippen molar-refractivity contribution in [1.82, 2.24) is 14.9 Å². The summed E-state index contributed by atoms with van der Waals surface area (Å²) in [5, 5.41) is 14.8. The van der Waals surface area contributed by atoms with Gasteiger partial charge in [-0.3, -0.25) is 10.1 Å². The first-order chi connectivity index (χ1) is 18.4. The topological polar surface area (TPSA) is 129 Å². The van der Waals surface area contributed by atoms with Gasteiger partial charge in [0.25, 0.3) is 0 Å². The van der Waals surface area contributed by atoms with Crippen LogP contribution in [0.3, 0.4) is 0 Å². The van der Waals surface area contributed by atoms with Gasteiger partial charge in [0.05, 0.1) is 39.8 Å². The highest BCUT2D eigenvalue weighted by atomic mass is 35.5. The smallest absolute Gasteiger partial charge is 0.410 e. The number of carbonyl (C=O) groups excluding carboxylic acids is 1. The van der Waals surface area contributed by atoms with Gasteiger partial charge >= 0.3 is 11.8 Å². The summed E-state index contributed by atoms with van der Waals surface area (Å²) < 4.78 is 31.8. The average molecular weight is 582 g/mol. The number of benzene rings is 2. The van der Waals surface area contributed by atoms with Crippen molar-refractivity contribution in [2.24, 2.45) is 0 Å². The van der Waals surface area contributed by atoms with E-state index in [9.17, 15) is 19.3 Å². The number of ether oxygens (including phenoxy) is 3. The third kappa shape index (κ3) is 6.17. The Morgan fingerprint density at radius 1 is 1.28 bits per heavy atom. The van der Waals surface area contributed by atoms with Crippen LogP contribution in [-0.4, -0.2) is 57.8 Å². The Kier molecular flexibility index (Phi) is 8.17. The minimum absolute atomic E-state index is 0.00609. The van der Waals surface area contributed by atoms with E-state index >= 15 is 0 Å². The Bertz CT molecular complexity index is 1430. The number of aromatic nitrogens is 2. The van der Waals surface area contributed by atoms with Gasteiger partial charge in [0.2, 0.25) is 5.75 Å². The molecule has 1 saturated heterocycles. The maximum atomic E-state index is 14.8. The highest BCUT2D eigenvalue weighted by Gasteiger charge is 2.34. The molecule has 1 fully saturated rings. The van der Waals surface area contributed by atoms with Crippen molar-refractivity contribution in [3.63, 3.8) is 0 Å². The molecular weight excluding hydrogens is 556 g/mol. The number of hydrogen-bond donors (Lipinski definition) is 1. The molecular formula is C25H26Cl2FN5O6. The fourth-order valence-electron chi connectivity index (χ4n) is 4.14. The molecule has 14 heteroatoms. The van der Waals surface area contributed by atoms with E-state index in [0.717, 1.165) is 0 Å². The van der Waals surface area contributed by atoms with Gasteiger partial charge in [-0.25, -0.2) is 19.2 Å². The Morgan fingerprint density at radius 2 is 2.03 bits per heavy atom. The summed E-state index contributed by atoms with van der Waals surface area (Å²) >= 11 is 11.8. The maximum Gasteiger partial charge on any atom is 0.410 e. The molecule has 208 valence electrons. The molecule has 2 aromatic carbocycles. The third-order valence-corrected chi connectivity index (χ3v) is 6.61. The van der Waals surface area contributed by atoms with E-state index in [1.807, 2.05) is 0 Å². The van der Waals surface area contributed by atoms with Crippen LogP contribution in [-0.2, 0) is 4.74 Å². The molecule has 1 aliphatic rings. The summed E-state index contributed by atoms with van der Waals surface area (Å²) in [6.07, 6.45) is 1.20. The Labute approximate surface area is 233 Å².